The highest BCUT2D eigenvalue weighted by molar-refractivity contribution is 5.50. The standard InChI is InChI=1S/C19H27N/c1-13(2)16-7-6-10-19(12-16,14(3)4)18-9-8-17(20)11-15(18)5/h6-11,13-14H,12,20H2,1-5H3. The third-order valence-corrected chi connectivity index (χ3v) is 4.72. The summed E-state index contributed by atoms with van der Waals surface area (Å²) in [6.07, 6.45) is 8.04. The molecule has 0 bridgehead atoms. The average molecular weight is 269 g/mol. The van der Waals surface area contributed by atoms with Gasteiger partial charge in [-0.3, -0.25) is 0 Å². The molecule has 108 valence electrons. The lowest BCUT2D eigenvalue weighted by Crippen LogP contribution is -2.33. The number of hydrogen-bond donors (Lipinski definition) is 1. The molecular formula is C19H27N. The Balaban J connectivity index is 2.52. The zero-order valence-electron chi connectivity index (χ0n) is 13.4. The lowest BCUT2D eigenvalue weighted by atomic mass is 9.64. The predicted octanol–water partition coefficient (Wildman–Crippen LogP) is 5.01. The molecule has 0 aromatic heterocycles. The lowest BCUT2D eigenvalue weighted by molar-refractivity contribution is 0.365. The second-order valence-electron chi connectivity index (χ2n) is 6.70. The summed E-state index contributed by atoms with van der Waals surface area (Å²) >= 11 is 0. The van der Waals surface area contributed by atoms with E-state index in [0.29, 0.717) is 11.8 Å². The molecule has 0 spiro atoms. The van der Waals surface area contributed by atoms with E-state index in [1.165, 1.54) is 16.7 Å². The minimum Gasteiger partial charge on any atom is -0.399 e. The Morgan fingerprint density at radius 1 is 1.15 bits per heavy atom. The molecular weight excluding hydrogens is 242 g/mol. The fourth-order valence-electron chi connectivity index (χ4n) is 3.30. The molecule has 1 unspecified atom stereocenters. The Bertz CT molecular complexity index is 549. The Morgan fingerprint density at radius 3 is 2.40 bits per heavy atom. The normalized spacial score (nSPS) is 22.4. The lowest BCUT2D eigenvalue weighted by Gasteiger charge is -2.40. The van der Waals surface area contributed by atoms with Gasteiger partial charge in [-0.05, 0) is 48.4 Å². The zero-order chi connectivity index (χ0) is 14.9. The number of benzene rings is 1. The molecule has 0 saturated carbocycles. The van der Waals surface area contributed by atoms with Crippen LogP contribution in [0.15, 0.2) is 42.0 Å². The van der Waals surface area contributed by atoms with Crippen molar-refractivity contribution in [3.8, 4) is 0 Å². The van der Waals surface area contributed by atoms with E-state index in [9.17, 15) is 0 Å². The van der Waals surface area contributed by atoms with Crippen molar-refractivity contribution in [1.82, 2.24) is 0 Å². The van der Waals surface area contributed by atoms with Gasteiger partial charge in [0, 0.05) is 11.1 Å². The van der Waals surface area contributed by atoms with Crippen molar-refractivity contribution >= 4 is 5.69 Å². The maximum absolute atomic E-state index is 5.92. The van der Waals surface area contributed by atoms with Gasteiger partial charge < -0.3 is 5.73 Å². The molecule has 0 amide bonds. The van der Waals surface area contributed by atoms with Crippen LogP contribution in [-0.2, 0) is 5.41 Å². The van der Waals surface area contributed by atoms with Crippen LogP contribution in [0.4, 0.5) is 5.69 Å². The quantitative estimate of drug-likeness (QED) is 0.767. The van der Waals surface area contributed by atoms with Gasteiger partial charge in [0.25, 0.3) is 0 Å². The highest BCUT2D eigenvalue weighted by Crippen LogP contribution is 2.44. The van der Waals surface area contributed by atoms with E-state index >= 15 is 0 Å². The monoisotopic (exact) mass is 269 g/mol. The van der Waals surface area contributed by atoms with Gasteiger partial charge in [0.1, 0.15) is 0 Å². The summed E-state index contributed by atoms with van der Waals surface area (Å²) in [4.78, 5) is 0. The van der Waals surface area contributed by atoms with Crippen molar-refractivity contribution in [2.45, 2.75) is 46.5 Å². The average Bonchev–Trinajstić information content (AvgIpc) is 2.38. The van der Waals surface area contributed by atoms with E-state index in [4.69, 9.17) is 5.73 Å². The minimum absolute atomic E-state index is 0.103. The number of allylic oxidation sites excluding steroid dienone is 4. The van der Waals surface area contributed by atoms with Crippen LogP contribution < -0.4 is 5.73 Å². The summed E-state index contributed by atoms with van der Waals surface area (Å²) in [7, 11) is 0. The van der Waals surface area contributed by atoms with Crippen LogP contribution in [0.2, 0.25) is 0 Å². The van der Waals surface area contributed by atoms with E-state index in [1.54, 1.807) is 0 Å². The molecule has 1 atom stereocenters. The van der Waals surface area contributed by atoms with E-state index in [2.05, 4.69) is 65.0 Å². The smallest absolute Gasteiger partial charge is 0.0316 e. The molecule has 0 aliphatic heterocycles. The fraction of sp³-hybridized carbons (Fsp3) is 0.474. The van der Waals surface area contributed by atoms with Crippen LogP contribution in [0.3, 0.4) is 0 Å². The van der Waals surface area contributed by atoms with Gasteiger partial charge in [0.15, 0.2) is 0 Å². The van der Waals surface area contributed by atoms with Crippen LogP contribution in [0.1, 0.15) is 45.2 Å². The molecule has 1 nitrogen and oxygen atoms in total. The van der Waals surface area contributed by atoms with Gasteiger partial charge >= 0.3 is 0 Å². The van der Waals surface area contributed by atoms with Crippen LogP contribution in [-0.4, -0.2) is 0 Å². The number of hydrogen-bond acceptors (Lipinski definition) is 1. The number of nitrogens with two attached hydrogens (primary N) is 1. The van der Waals surface area contributed by atoms with Gasteiger partial charge in [0.05, 0.1) is 0 Å². The molecule has 0 heterocycles. The predicted molar refractivity (Wildman–Crippen MR) is 88.8 cm³/mol. The molecule has 2 N–H and O–H groups in total. The van der Waals surface area contributed by atoms with E-state index in [1.807, 2.05) is 6.07 Å². The Labute approximate surface area is 123 Å². The molecule has 20 heavy (non-hydrogen) atoms. The first kappa shape index (κ1) is 14.9. The molecule has 1 heteroatoms. The number of anilines is 1. The van der Waals surface area contributed by atoms with Gasteiger partial charge in [-0.1, -0.05) is 57.6 Å². The zero-order valence-corrected chi connectivity index (χ0v) is 13.4. The summed E-state index contributed by atoms with van der Waals surface area (Å²) in [5, 5.41) is 0. The Hall–Kier alpha value is -1.50. The second-order valence-corrected chi connectivity index (χ2v) is 6.70. The van der Waals surface area contributed by atoms with Crippen molar-refractivity contribution in [2.24, 2.45) is 11.8 Å². The molecule has 2 rings (SSSR count). The first-order valence-electron chi connectivity index (χ1n) is 7.61. The van der Waals surface area contributed by atoms with Crippen LogP contribution in [0.5, 0.6) is 0 Å². The van der Waals surface area contributed by atoms with Gasteiger partial charge in [0.2, 0.25) is 0 Å². The Kier molecular flexibility index (Phi) is 4.08. The van der Waals surface area contributed by atoms with Gasteiger partial charge in [-0.15, -0.1) is 0 Å². The highest BCUT2D eigenvalue weighted by atomic mass is 14.5. The number of rotatable bonds is 3. The molecule has 0 saturated heterocycles. The van der Waals surface area contributed by atoms with Crippen LogP contribution in [0, 0.1) is 18.8 Å². The van der Waals surface area contributed by atoms with Crippen molar-refractivity contribution < 1.29 is 0 Å². The molecule has 1 aromatic carbocycles. The van der Waals surface area contributed by atoms with Crippen molar-refractivity contribution in [3.63, 3.8) is 0 Å². The number of nitrogen functional groups attached to an aromatic ring is 1. The first-order chi connectivity index (χ1) is 9.36. The van der Waals surface area contributed by atoms with Crippen molar-refractivity contribution in [2.75, 3.05) is 5.73 Å². The maximum atomic E-state index is 5.92. The third-order valence-electron chi connectivity index (χ3n) is 4.72. The molecule has 1 aliphatic rings. The molecule has 0 radical (unpaired) electrons. The summed E-state index contributed by atoms with van der Waals surface area (Å²) in [5.74, 6) is 1.16. The first-order valence-corrected chi connectivity index (χ1v) is 7.61. The van der Waals surface area contributed by atoms with Crippen LogP contribution in [0.25, 0.3) is 0 Å². The number of aryl methyl sites for hydroxylation is 1. The maximum Gasteiger partial charge on any atom is 0.0316 e. The van der Waals surface area contributed by atoms with Crippen LogP contribution >= 0.6 is 0 Å². The summed E-state index contributed by atoms with van der Waals surface area (Å²) < 4.78 is 0. The third kappa shape index (κ3) is 2.54. The topological polar surface area (TPSA) is 26.0 Å². The molecule has 0 fully saturated rings. The van der Waals surface area contributed by atoms with Gasteiger partial charge in [-0.25, -0.2) is 0 Å². The van der Waals surface area contributed by atoms with Crippen molar-refractivity contribution in [3.05, 3.63) is 53.1 Å². The van der Waals surface area contributed by atoms with E-state index in [0.717, 1.165) is 12.1 Å². The second kappa shape index (κ2) is 5.47. The SMILES string of the molecule is Cc1cc(N)ccc1C1(C(C)C)C=CC=C(C(C)C)C1. The van der Waals surface area contributed by atoms with Crippen molar-refractivity contribution in [1.29, 1.82) is 0 Å². The largest absolute Gasteiger partial charge is 0.399 e. The summed E-state index contributed by atoms with van der Waals surface area (Å²) in [6.45, 7) is 11.4. The summed E-state index contributed by atoms with van der Waals surface area (Å²) in [5.41, 5.74) is 11.1. The van der Waals surface area contributed by atoms with E-state index < -0.39 is 0 Å². The molecule has 1 aliphatic carbocycles. The minimum atomic E-state index is 0.103. The van der Waals surface area contributed by atoms with Gasteiger partial charge in [-0.2, -0.15) is 0 Å². The summed E-state index contributed by atoms with van der Waals surface area (Å²) in [6, 6.07) is 6.35. The highest BCUT2D eigenvalue weighted by Gasteiger charge is 2.36. The van der Waals surface area contributed by atoms with E-state index in [-0.39, 0.29) is 5.41 Å². The molecule has 1 aromatic rings. The Morgan fingerprint density at radius 2 is 1.85 bits per heavy atom. The fourth-order valence-corrected chi connectivity index (χ4v) is 3.30.